The number of carbonyl (C=O) groups excluding carboxylic acids is 1. The molecule has 0 aliphatic carbocycles. The van der Waals surface area contributed by atoms with Crippen LogP contribution < -0.4 is 5.32 Å². The number of nitrogens with zero attached hydrogens (tertiary/aromatic N) is 2. The molecule has 1 aromatic carbocycles. The number of hydrogen-bond donors (Lipinski definition) is 1. The number of sulfonamides is 1. The summed E-state index contributed by atoms with van der Waals surface area (Å²) in [7, 11) is -1.92. The molecule has 2 aromatic rings. The van der Waals surface area contributed by atoms with Gasteiger partial charge in [-0.3, -0.25) is 4.79 Å². The molecule has 1 saturated heterocycles. The first-order valence-electron chi connectivity index (χ1n) is 9.35. The Morgan fingerprint density at radius 3 is 2.43 bits per heavy atom. The monoisotopic (exact) mass is 423 g/mol. The van der Waals surface area contributed by atoms with Gasteiger partial charge in [-0.05, 0) is 62.4 Å². The Labute approximate surface area is 171 Å². The van der Waals surface area contributed by atoms with Crippen LogP contribution in [0.1, 0.15) is 41.5 Å². The summed E-state index contributed by atoms with van der Waals surface area (Å²) in [4.78, 5) is 13.0. The standard InChI is InChI=1S/C20H26ClN3O3S/c1-13-7-9-24(10-8-13)28(26,27)19-12-18(23(4)15(19)3)20(25)22-17-6-5-16(21)11-14(17)2/h5-6,11-13H,7-10H2,1-4H3,(H,22,25). The molecule has 8 heteroatoms. The van der Waals surface area contributed by atoms with E-state index in [2.05, 4.69) is 12.2 Å². The van der Waals surface area contributed by atoms with E-state index in [0.717, 1.165) is 18.4 Å². The second kappa shape index (κ2) is 7.89. The number of hydrogen-bond acceptors (Lipinski definition) is 3. The van der Waals surface area contributed by atoms with Crippen molar-refractivity contribution in [2.24, 2.45) is 13.0 Å². The lowest BCUT2D eigenvalue weighted by Gasteiger charge is -2.29. The number of anilines is 1. The molecule has 1 aromatic heterocycles. The number of amides is 1. The largest absolute Gasteiger partial charge is 0.343 e. The van der Waals surface area contributed by atoms with Gasteiger partial charge in [0.25, 0.3) is 5.91 Å². The van der Waals surface area contributed by atoms with E-state index in [9.17, 15) is 13.2 Å². The lowest BCUT2D eigenvalue weighted by Crippen LogP contribution is -2.38. The third-order valence-corrected chi connectivity index (χ3v) is 7.77. The lowest BCUT2D eigenvalue weighted by atomic mass is 10.0. The van der Waals surface area contributed by atoms with E-state index in [0.29, 0.717) is 41.1 Å². The van der Waals surface area contributed by atoms with Crippen molar-refractivity contribution >= 4 is 33.2 Å². The van der Waals surface area contributed by atoms with Crippen LogP contribution in [0.3, 0.4) is 0 Å². The summed E-state index contributed by atoms with van der Waals surface area (Å²) < 4.78 is 29.4. The van der Waals surface area contributed by atoms with E-state index in [1.807, 2.05) is 6.92 Å². The minimum Gasteiger partial charge on any atom is -0.343 e. The number of aromatic nitrogens is 1. The van der Waals surface area contributed by atoms with E-state index >= 15 is 0 Å². The van der Waals surface area contributed by atoms with Crippen molar-refractivity contribution in [3.8, 4) is 0 Å². The van der Waals surface area contributed by atoms with Gasteiger partial charge in [0, 0.05) is 36.5 Å². The summed E-state index contributed by atoms with van der Waals surface area (Å²) in [6, 6.07) is 6.68. The fourth-order valence-electron chi connectivity index (χ4n) is 3.47. The van der Waals surface area contributed by atoms with Gasteiger partial charge in [-0.2, -0.15) is 4.31 Å². The maximum atomic E-state index is 13.1. The van der Waals surface area contributed by atoms with Crippen molar-refractivity contribution < 1.29 is 13.2 Å². The summed E-state index contributed by atoms with van der Waals surface area (Å²) >= 11 is 5.96. The van der Waals surface area contributed by atoms with Gasteiger partial charge >= 0.3 is 0 Å². The minimum absolute atomic E-state index is 0.197. The molecule has 152 valence electrons. The van der Waals surface area contributed by atoms with Crippen molar-refractivity contribution in [1.29, 1.82) is 0 Å². The first kappa shape index (κ1) is 20.9. The van der Waals surface area contributed by atoms with Gasteiger partial charge in [-0.25, -0.2) is 8.42 Å². The SMILES string of the molecule is Cc1cc(Cl)ccc1NC(=O)c1cc(S(=O)(=O)N2CCC(C)CC2)c(C)n1C. The number of aryl methyl sites for hydroxylation is 1. The van der Waals surface area contributed by atoms with Crippen molar-refractivity contribution in [3.05, 3.63) is 46.2 Å². The summed E-state index contributed by atoms with van der Waals surface area (Å²) in [5, 5.41) is 3.44. The van der Waals surface area contributed by atoms with Gasteiger partial charge in [-0.15, -0.1) is 0 Å². The fourth-order valence-corrected chi connectivity index (χ4v) is 5.44. The third-order valence-electron chi connectivity index (χ3n) is 5.52. The molecule has 1 N–H and O–H groups in total. The summed E-state index contributed by atoms with van der Waals surface area (Å²) in [5.41, 5.74) is 2.33. The molecule has 0 unspecified atom stereocenters. The average Bonchev–Trinajstić information content (AvgIpc) is 2.94. The molecule has 0 radical (unpaired) electrons. The quantitative estimate of drug-likeness (QED) is 0.808. The zero-order valence-corrected chi connectivity index (χ0v) is 18.2. The highest BCUT2D eigenvalue weighted by molar-refractivity contribution is 7.89. The summed E-state index contributed by atoms with van der Waals surface area (Å²) in [5.74, 6) is 0.178. The van der Waals surface area contributed by atoms with E-state index in [4.69, 9.17) is 11.6 Å². The Kier molecular flexibility index (Phi) is 5.89. The fraction of sp³-hybridized carbons (Fsp3) is 0.450. The number of piperidine rings is 1. The Morgan fingerprint density at radius 2 is 1.82 bits per heavy atom. The van der Waals surface area contributed by atoms with Gasteiger partial charge in [0.15, 0.2) is 0 Å². The normalized spacial score (nSPS) is 16.3. The second-order valence-electron chi connectivity index (χ2n) is 7.54. The molecule has 1 aliphatic rings. The first-order chi connectivity index (χ1) is 13.1. The summed E-state index contributed by atoms with van der Waals surface area (Å²) in [6.45, 7) is 6.75. The van der Waals surface area contributed by atoms with E-state index in [-0.39, 0.29) is 10.8 Å². The second-order valence-corrected chi connectivity index (χ2v) is 9.88. The Bertz CT molecular complexity index is 1010. The highest BCUT2D eigenvalue weighted by Crippen LogP contribution is 2.28. The number of carbonyl (C=O) groups is 1. The molecule has 0 spiro atoms. The Morgan fingerprint density at radius 1 is 1.18 bits per heavy atom. The maximum absolute atomic E-state index is 13.1. The van der Waals surface area contributed by atoms with Crippen LogP contribution in [0.25, 0.3) is 0 Å². The van der Waals surface area contributed by atoms with Gasteiger partial charge in [0.05, 0.1) is 0 Å². The molecular formula is C20H26ClN3O3S. The van der Waals surface area contributed by atoms with Crippen molar-refractivity contribution in [2.45, 2.75) is 38.5 Å². The van der Waals surface area contributed by atoms with Crippen LogP contribution in [0.2, 0.25) is 5.02 Å². The van der Waals surface area contributed by atoms with Crippen LogP contribution in [0, 0.1) is 19.8 Å². The van der Waals surface area contributed by atoms with Crippen LogP contribution >= 0.6 is 11.6 Å². The van der Waals surface area contributed by atoms with Crippen LogP contribution in [0.5, 0.6) is 0 Å². The molecule has 1 aliphatic heterocycles. The van der Waals surface area contributed by atoms with Crippen LogP contribution in [0.15, 0.2) is 29.2 Å². The molecule has 0 bridgehead atoms. The zero-order chi connectivity index (χ0) is 20.6. The van der Waals surface area contributed by atoms with Gasteiger partial charge in [0.2, 0.25) is 10.0 Å². The van der Waals surface area contributed by atoms with Crippen molar-refractivity contribution in [3.63, 3.8) is 0 Å². The molecule has 6 nitrogen and oxygen atoms in total. The number of benzene rings is 1. The van der Waals surface area contributed by atoms with Crippen molar-refractivity contribution in [2.75, 3.05) is 18.4 Å². The molecule has 0 saturated carbocycles. The third kappa shape index (κ3) is 3.97. The van der Waals surface area contributed by atoms with Crippen molar-refractivity contribution in [1.82, 2.24) is 8.87 Å². The molecular weight excluding hydrogens is 398 g/mol. The van der Waals surface area contributed by atoms with E-state index in [1.54, 1.807) is 36.7 Å². The topological polar surface area (TPSA) is 71.4 Å². The predicted octanol–water partition coefficient (Wildman–Crippen LogP) is 3.97. The smallest absolute Gasteiger partial charge is 0.272 e. The van der Waals surface area contributed by atoms with Gasteiger partial charge in [-0.1, -0.05) is 18.5 Å². The minimum atomic E-state index is -3.62. The molecule has 1 amide bonds. The molecule has 3 rings (SSSR count). The Hall–Kier alpha value is -1.83. The van der Waals surface area contributed by atoms with E-state index in [1.165, 1.54) is 10.4 Å². The van der Waals surface area contributed by atoms with Crippen LogP contribution in [0.4, 0.5) is 5.69 Å². The maximum Gasteiger partial charge on any atom is 0.272 e. The molecule has 2 heterocycles. The Balaban J connectivity index is 1.89. The van der Waals surface area contributed by atoms with Gasteiger partial charge in [0.1, 0.15) is 10.6 Å². The van der Waals surface area contributed by atoms with E-state index < -0.39 is 10.0 Å². The first-order valence-corrected chi connectivity index (χ1v) is 11.2. The zero-order valence-electron chi connectivity index (χ0n) is 16.6. The molecule has 28 heavy (non-hydrogen) atoms. The summed E-state index contributed by atoms with van der Waals surface area (Å²) in [6.07, 6.45) is 1.71. The van der Waals surface area contributed by atoms with Crippen LogP contribution in [-0.2, 0) is 17.1 Å². The van der Waals surface area contributed by atoms with Gasteiger partial charge < -0.3 is 9.88 Å². The highest BCUT2D eigenvalue weighted by Gasteiger charge is 2.32. The average molecular weight is 424 g/mol. The molecule has 1 fully saturated rings. The highest BCUT2D eigenvalue weighted by atomic mass is 35.5. The number of rotatable bonds is 4. The lowest BCUT2D eigenvalue weighted by molar-refractivity contribution is 0.101. The molecule has 0 atom stereocenters. The number of halogens is 1. The number of nitrogens with one attached hydrogen (secondary N) is 1. The van der Waals surface area contributed by atoms with Crippen LogP contribution in [-0.4, -0.2) is 36.3 Å². The predicted molar refractivity (Wildman–Crippen MR) is 111 cm³/mol.